The van der Waals surface area contributed by atoms with Crippen LogP contribution in [-0.4, -0.2) is 17.1 Å². The van der Waals surface area contributed by atoms with E-state index in [1.807, 2.05) is 0 Å². The van der Waals surface area contributed by atoms with Crippen LogP contribution in [0.4, 0.5) is 11.4 Å². The molecule has 0 aliphatic heterocycles. The van der Waals surface area contributed by atoms with Crippen LogP contribution < -0.4 is 10.2 Å². The number of nitrogens with zero attached hydrogens (tertiary/aromatic N) is 2. The number of carbonyl (C=O) groups is 1. The van der Waals surface area contributed by atoms with Crippen molar-refractivity contribution in [2.45, 2.75) is 0 Å². The quantitative estimate of drug-likeness (QED) is 0.238. The maximum absolute atomic E-state index is 11.8. The molecule has 0 saturated carbocycles. The van der Waals surface area contributed by atoms with E-state index in [0.29, 0.717) is 11.4 Å². The SMILES string of the molecule is O=C(Oc1ccc(/C=N/Nc2ccc([N+](=O)[O-])cc2)cc1)c1ccco1. The topological polar surface area (TPSA) is 107 Å². The lowest BCUT2D eigenvalue weighted by molar-refractivity contribution is -0.384. The van der Waals surface area contributed by atoms with Gasteiger partial charge in [-0.15, -0.1) is 0 Å². The van der Waals surface area contributed by atoms with Gasteiger partial charge in [0.1, 0.15) is 5.75 Å². The molecule has 1 heterocycles. The number of hydrogen-bond donors (Lipinski definition) is 1. The minimum Gasteiger partial charge on any atom is -0.457 e. The third kappa shape index (κ3) is 4.32. The first kappa shape index (κ1) is 16.9. The molecule has 3 aromatic rings. The Morgan fingerprint density at radius 1 is 1.12 bits per heavy atom. The molecule has 26 heavy (non-hydrogen) atoms. The summed E-state index contributed by atoms with van der Waals surface area (Å²) in [5.41, 5.74) is 4.18. The number of carbonyl (C=O) groups excluding carboxylic acids is 1. The third-order valence-corrected chi connectivity index (χ3v) is 3.30. The highest BCUT2D eigenvalue weighted by Crippen LogP contribution is 2.16. The number of nitrogens with one attached hydrogen (secondary N) is 1. The number of furan rings is 1. The minimum absolute atomic E-state index is 0.0132. The van der Waals surface area contributed by atoms with Gasteiger partial charge < -0.3 is 9.15 Å². The van der Waals surface area contributed by atoms with E-state index in [0.717, 1.165) is 5.56 Å². The number of rotatable bonds is 6. The number of non-ortho nitro benzene ring substituents is 1. The van der Waals surface area contributed by atoms with E-state index in [2.05, 4.69) is 10.5 Å². The summed E-state index contributed by atoms with van der Waals surface area (Å²) in [6.07, 6.45) is 2.97. The standard InChI is InChI=1S/C18H13N3O5/c22-18(17-2-1-11-25-17)26-16-9-3-13(4-10-16)12-19-20-14-5-7-15(8-6-14)21(23)24/h1-12,20H/b19-12+. The summed E-state index contributed by atoms with van der Waals surface area (Å²) in [4.78, 5) is 21.9. The van der Waals surface area contributed by atoms with E-state index in [4.69, 9.17) is 9.15 Å². The molecule has 0 amide bonds. The second-order valence-electron chi connectivity index (χ2n) is 5.11. The summed E-state index contributed by atoms with van der Waals surface area (Å²) < 4.78 is 10.1. The van der Waals surface area contributed by atoms with E-state index >= 15 is 0 Å². The number of anilines is 1. The third-order valence-electron chi connectivity index (χ3n) is 3.30. The molecule has 0 fully saturated rings. The van der Waals surface area contributed by atoms with Gasteiger partial charge >= 0.3 is 5.97 Å². The van der Waals surface area contributed by atoms with E-state index in [-0.39, 0.29) is 11.4 Å². The Balaban J connectivity index is 1.56. The van der Waals surface area contributed by atoms with E-state index in [9.17, 15) is 14.9 Å². The lowest BCUT2D eigenvalue weighted by Crippen LogP contribution is -2.07. The van der Waals surface area contributed by atoms with Crippen molar-refractivity contribution in [1.82, 2.24) is 0 Å². The van der Waals surface area contributed by atoms with Crippen LogP contribution in [0, 0.1) is 10.1 Å². The summed E-state index contributed by atoms with van der Waals surface area (Å²) in [6.45, 7) is 0. The fourth-order valence-electron chi connectivity index (χ4n) is 2.01. The number of hydrogen-bond acceptors (Lipinski definition) is 7. The van der Waals surface area contributed by atoms with Crippen molar-refractivity contribution >= 4 is 23.6 Å². The predicted molar refractivity (Wildman–Crippen MR) is 94.4 cm³/mol. The molecule has 3 rings (SSSR count). The molecule has 0 spiro atoms. The van der Waals surface area contributed by atoms with Crippen molar-refractivity contribution in [3.63, 3.8) is 0 Å². The second-order valence-corrected chi connectivity index (χ2v) is 5.11. The lowest BCUT2D eigenvalue weighted by atomic mass is 10.2. The Morgan fingerprint density at radius 3 is 2.46 bits per heavy atom. The monoisotopic (exact) mass is 351 g/mol. The largest absolute Gasteiger partial charge is 0.457 e. The number of benzene rings is 2. The average molecular weight is 351 g/mol. The summed E-state index contributed by atoms with van der Waals surface area (Å²) in [5.74, 6) is -0.0638. The van der Waals surface area contributed by atoms with Crippen LogP contribution in [0.25, 0.3) is 0 Å². The Hall–Kier alpha value is -3.94. The smallest absolute Gasteiger partial charge is 0.379 e. The van der Waals surface area contributed by atoms with Gasteiger partial charge in [0.25, 0.3) is 5.69 Å². The van der Waals surface area contributed by atoms with Crippen molar-refractivity contribution in [2.75, 3.05) is 5.43 Å². The molecule has 0 aliphatic rings. The number of nitro groups is 1. The van der Waals surface area contributed by atoms with Crippen LogP contribution in [0.1, 0.15) is 16.1 Å². The van der Waals surface area contributed by atoms with Gasteiger partial charge in [-0.25, -0.2) is 4.79 Å². The molecular formula is C18H13N3O5. The summed E-state index contributed by atoms with van der Waals surface area (Å²) in [6, 6.07) is 15.8. The normalized spacial score (nSPS) is 10.6. The molecule has 0 bridgehead atoms. The van der Waals surface area contributed by atoms with Crippen LogP contribution in [0.5, 0.6) is 5.75 Å². The van der Waals surface area contributed by atoms with Gasteiger partial charge in [0, 0.05) is 12.1 Å². The van der Waals surface area contributed by atoms with Gasteiger partial charge in [0.2, 0.25) is 5.76 Å². The molecule has 1 aromatic heterocycles. The van der Waals surface area contributed by atoms with E-state index in [1.165, 1.54) is 24.5 Å². The van der Waals surface area contributed by atoms with Gasteiger partial charge in [-0.3, -0.25) is 15.5 Å². The van der Waals surface area contributed by atoms with Crippen molar-refractivity contribution in [1.29, 1.82) is 0 Å². The molecule has 8 heteroatoms. The number of esters is 1. The van der Waals surface area contributed by atoms with Crippen molar-refractivity contribution < 1.29 is 18.9 Å². The van der Waals surface area contributed by atoms with E-state index in [1.54, 1.807) is 48.7 Å². The lowest BCUT2D eigenvalue weighted by Gasteiger charge is -2.02. The zero-order valence-electron chi connectivity index (χ0n) is 13.4. The number of nitro benzene ring substituents is 1. The Kier molecular flexibility index (Phi) is 5.04. The van der Waals surface area contributed by atoms with Gasteiger partial charge in [-0.05, 0) is 54.1 Å². The first-order valence-electron chi connectivity index (χ1n) is 7.51. The zero-order valence-corrected chi connectivity index (χ0v) is 13.4. The maximum Gasteiger partial charge on any atom is 0.379 e. The van der Waals surface area contributed by atoms with Crippen LogP contribution >= 0.6 is 0 Å². The molecule has 1 N–H and O–H groups in total. The van der Waals surface area contributed by atoms with Crippen LogP contribution in [0.15, 0.2) is 76.4 Å². The molecule has 8 nitrogen and oxygen atoms in total. The highest BCUT2D eigenvalue weighted by atomic mass is 16.6. The van der Waals surface area contributed by atoms with Crippen LogP contribution in [-0.2, 0) is 0 Å². The molecule has 0 aliphatic carbocycles. The Bertz CT molecular complexity index is 916. The van der Waals surface area contributed by atoms with Gasteiger partial charge in [0.05, 0.1) is 23.1 Å². The first-order chi connectivity index (χ1) is 12.6. The molecule has 2 aromatic carbocycles. The Labute approximate surface area is 147 Å². The summed E-state index contributed by atoms with van der Waals surface area (Å²) in [5, 5.41) is 14.6. The fraction of sp³-hybridized carbons (Fsp3) is 0. The number of hydrazone groups is 1. The van der Waals surface area contributed by atoms with E-state index < -0.39 is 10.9 Å². The summed E-state index contributed by atoms with van der Waals surface area (Å²) in [7, 11) is 0. The molecule has 0 atom stereocenters. The Morgan fingerprint density at radius 2 is 1.85 bits per heavy atom. The molecule has 130 valence electrons. The van der Waals surface area contributed by atoms with Crippen molar-refractivity contribution in [3.05, 3.63) is 88.4 Å². The maximum atomic E-state index is 11.8. The molecule has 0 radical (unpaired) electrons. The predicted octanol–water partition coefficient (Wildman–Crippen LogP) is 3.85. The fourth-order valence-corrected chi connectivity index (χ4v) is 2.01. The van der Waals surface area contributed by atoms with Gasteiger partial charge in [-0.2, -0.15) is 5.10 Å². The molecular weight excluding hydrogens is 338 g/mol. The molecule has 0 unspecified atom stereocenters. The number of ether oxygens (including phenoxy) is 1. The zero-order chi connectivity index (χ0) is 18.4. The van der Waals surface area contributed by atoms with Gasteiger partial charge in [-0.1, -0.05) is 0 Å². The minimum atomic E-state index is -0.573. The molecule has 0 saturated heterocycles. The highest BCUT2D eigenvalue weighted by molar-refractivity contribution is 5.88. The first-order valence-corrected chi connectivity index (χ1v) is 7.51. The van der Waals surface area contributed by atoms with Crippen LogP contribution in [0.3, 0.4) is 0 Å². The second kappa shape index (κ2) is 7.75. The summed E-state index contributed by atoms with van der Waals surface area (Å²) >= 11 is 0. The average Bonchev–Trinajstić information content (AvgIpc) is 3.18. The highest BCUT2D eigenvalue weighted by Gasteiger charge is 2.10. The van der Waals surface area contributed by atoms with Crippen molar-refractivity contribution in [3.8, 4) is 5.75 Å². The van der Waals surface area contributed by atoms with Crippen molar-refractivity contribution in [2.24, 2.45) is 5.10 Å². The van der Waals surface area contributed by atoms with Crippen LogP contribution in [0.2, 0.25) is 0 Å². The van der Waals surface area contributed by atoms with Gasteiger partial charge in [0.15, 0.2) is 0 Å².